The second-order valence-corrected chi connectivity index (χ2v) is 9.28. The van der Waals surface area contributed by atoms with E-state index in [2.05, 4.69) is 26.3 Å². The maximum Gasteiger partial charge on any atom is 0.257 e. The monoisotopic (exact) mass is 468 g/mol. The summed E-state index contributed by atoms with van der Waals surface area (Å²) in [5, 5.41) is 11.4. The Labute approximate surface area is 171 Å². The van der Waals surface area contributed by atoms with Crippen LogP contribution in [-0.4, -0.2) is 29.9 Å². The molecule has 0 unspecified atom stereocenters. The van der Waals surface area contributed by atoms with E-state index < -0.39 is 27.8 Å². The Morgan fingerprint density at radius 2 is 1.79 bits per heavy atom. The summed E-state index contributed by atoms with van der Waals surface area (Å²) in [4.78, 5) is 25.9. The summed E-state index contributed by atoms with van der Waals surface area (Å²) in [5.74, 6) is -1.47. The van der Waals surface area contributed by atoms with Crippen LogP contribution in [0.4, 0.5) is 5.69 Å². The van der Waals surface area contributed by atoms with Crippen molar-refractivity contribution in [1.82, 2.24) is 9.78 Å². The van der Waals surface area contributed by atoms with Crippen molar-refractivity contribution in [3.05, 3.63) is 40.5 Å². The SMILES string of the molecule is Cn1ncc(NC(=O)[C@@H]2CCCC[C@H]2C(=O)c2ccc(Br)cc2)c1S(N)(=O)=O. The number of carbonyl (C=O) groups excluding carboxylic acids is 2. The predicted molar refractivity (Wildman–Crippen MR) is 107 cm³/mol. The molecule has 0 radical (unpaired) electrons. The number of aryl methyl sites for hydroxylation is 1. The van der Waals surface area contributed by atoms with Crippen LogP contribution in [0, 0.1) is 11.8 Å². The molecule has 0 spiro atoms. The number of hydrogen-bond donors (Lipinski definition) is 2. The van der Waals surface area contributed by atoms with Gasteiger partial charge in [-0.15, -0.1) is 0 Å². The summed E-state index contributed by atoms with van der Waals surface area (Å²) in [7, 11) is -2.63. The van der Waals surface area contributed by atoms with Gasteiger partial charge in [0.15, 0.2) is 10.8 Å². The number of halogens is 1. The molecule has 3 rings (SSSR count). The number of carbonyl (C=O) groups is 2. The summed E-state index contributed by atoms with van der Waals surface area (Å²) in [6.45, 7) is 0. The third-order valence-electron chi connectivity index (χ3n) is 4.98. The van der Waals surface area contributed by atoms with Gasteiger partial charge < -0.3 is 5.32 Å². The molecule has 28 heavy (non-hydrogen) atoms. The lowest BCUT2D eigenvalue weighted by Gasteiger charge is -2.29. The molecule has 10 heteroatoms. The summed E-state index contributed by atoms with van der Waals surface area (Å²) >= 11 is 3.34. The molecule has 1 aliphatic carbocycles. The molecule has 1 heterocycles. The van der Waals surface area contributed by atoms with E-state index in [1.54, 1.807) is 24.3 Å². The van der Waals surface area contributed by atoms with Gasteiger partial charge in [0, 0.05) is 28.9 Å². The van der Waals surface area contributed by atoms with Gasteiger partial charge in [-0.25, -0.2) is 13.6 Å². The number of anilines is 1. The molecule has 8 nitrogen and oxygen atoms in total. The molecule has 1 fully saturated rings. The van der Waals surface area contributed by atoms with Crippen molar-refractivity contribution in [2.75, 3.05) is 5.32 Å². The molecular weight excluding hydrogens is 448 g/mol. The van der Waals surface area contributed by atoms with Gasteiger partial charge >= 0.3 is 0 Å². The summed E-state index contributed by atoms with van der Waals surface area (Å²) in [5.41, 5.74) is 0.579. The first-order chi connectivity index (χ1) is 13.2. The molecule has 0 aliphatic heterocycles. The van der Waals surface area contributed by atoms with E-state index in [1.807, 2.05) is 0 Å². The van der Waals surface area contributed by atoms with Gasteiger partial charge in [0.1, 0.15) is 0 Å². The molecule has 1 aromatic heterocycles. The van der Waals surface area contributed by atoms with Crippen molar-refractivity contribution >= 4 is 43.3 Å². The largest absolute Gasteiger partial charge is 0.322 e. The number of ketones is 1. The number of Topliss-reactive ketones (excluding diaryl/α,β-unsaturated/α-hetero) is 1. The fourth-order valence-electron chi connectivity index (χ4n) is 3.66. The molecule has 0 bridgehead atoms. The van der Waals surface area contributed by atoms with Gasteiger partial charge in [-0.3, -0.25) is 14.3 Å². The molecule has 1 saturated carbocycles. The van der Waals surface area contributed by atoms with Crippen molar-refractivity contribution in [2.24, 2.45) is 24.0 Å². The lowest BCUT2D eigenvalue weighted by molar-refractivity contribution is -0.122. The molecule has 3 N–H and O–H groups in total. The molecule has 2 atom stereocenters. The van der Waals surface area contributed by atoms with E-state index in [0.717, 1.165) is 22.0 Å². The number of primary sulfonamides is 1. The normalized spacial score (nSPS) is 20.0. The molecule has 2 aromatic rings. The van der Waals surface area contributed by atoms with Gasteiger partial charge in [0.25, 0.3) is 10.0 Å². The molecule has 1 amide bonds. The third kappa shape index (κ3) is 4.34. The minimum absolute atomic E-state index is 0.0235. The Hall–Kier alpha value is -2.04. The minimum atomic E-state index is -4.06. The highest BCUT2D eigenvalue weighted by atomic mass is 79.9. The third-order valence-corrected chi connectivity index (χ3v) is 6.53. The number of aromatic nitrogens is 2. The lowest BCUT2D eigenvalue weighted by Crippen LogP contribution is -2.36. The van der Waals surface area contributed by atoms with Crippen LogP contribution in [0.1, 0.15) is 36.0 Å². The van der Waals surface area contributed by atoms with Crippen LogP contribution in [0.15, 0.2) is 40.0 Å². The van der Waals surface area contributed by atoms with Crippen molar-refractivity contribution in [3.8, 4) is 0 Å². The van der Waals surface area contributed by atoms with E-state index in [-0.39, 0.29) is 16.5 Å². The van der Waals surface area contributed by atoms with Crippen molar-refractivity contribution in [1.29, 1.82) is 0 Å². The fraction of sp³-hybridized carbons (Fsp3) is 0.389. The number of amides is 1. The zero-order chi connectivity index (χ0) is 20.5. The summed E-state index contributed by atoms with van der Waals surface area (Å²) in [6.07, 6.45) is 4.11. The number of sulfonamides is 1. The van der Waals surface area contributed by atoms with Crippen LogP contribution in [0.2, 0.25) is 0 Å². The molecule has 1 aromatic carbocycles. The Morgan fingerprint density at radius 3 is 2.39 bits per heavy atom. The van der Waals surface area contributed by atoms with Gasteiger partial charge in [-0.1, -0.05) is 40.9 Å². The minimum Gasteiger partial charge on any atom is -0.322 e. The Balaban J connectivity index is 1.84. The standard InChI is InChI=1S/C18H21BrN4O4S/c1-23-18(28(20,26)27)15(10-21-23)22-17(25)14-5-3-2-4-13(14)16(24)11-6-8-12(19)9-7-11/h6-10,13-14H,2-5H2,1H3,(H,22,25)(H2,20,26,27)/t13-,14-/m1/s1. The zero-order valence-electron chi connectivity index (χ0n) is 15.3. The van der Waals surface area contributed by atoms with Gasteiger partial charge in [0.2, 0.25) is 5.91 Å². The Bertz CT molecular complexity index is 1000. The maximum atomic E-state index is 13.0. The van der Waals surface area contributed by atoms with Crippen LogP contribution in [0.25, 0.3) is 0 Å². The van der Waals surface area contributed by atoms with E-state index in [4.69, 9.17) is 5.14 Å². The predicted octanol–water partition coefficient (Wildman–Crippen LogP) is 2.46. The van der Waals surface area contributed by atoms with Crippen molar-refractivity contribution in [2.45, 2.75) is 30.7 Å². The average Bonchev–Trinajstić information content (AvgIpc) is 3.02. The van der Waals surface area contributed by atoms with E-state index in [0.29, 0.717) is 18.4 Å². The van der Waals surface area contributed by atoms with Gasteiger partial charge in [0.05, 0.1) is 11.9 Å². The topological polar surface area (TPSA) is 124 Å². The van der Waals surface area contributed by atoms with Crippen molar-refractivity contribution in [3.63, 3.8) is 0 Å². The number of nitrogens with zero attached hydrogens (tertiary/aromatic N) is 2. The number of nitrogens with two attached hydrogens (primary N) is 1. The quantitative estimate of drug-likeness (QED) is 0.651. The first kappa shape index (κ1) is 20.7. The van der Waals surface area contributed by atoms with Crippen LogP contribution in [0.3, 0.4) is 0 Å². The van der Waals surface area contributed by atoms with Crippen LogP contribution < -0.4 is 10.5 Å². The highest BCUT2D eigenvalue weighted by Crippen LogP contribution is 2.34. The fourth-order valence-corrected chi connectivity index (χ4v) is 4.75. The second-order valence-electron chi connectivity index (χ2n) is 6.89. The summed E-state index contributed by atoms with van der Waals surface area (Å²) < 4.78 is 25.5. The van der Waals surface area contributed by atoms with E-state index in [9.17, 15) is 18.0 Å². The smallest absolute Gasteiger partial charge is 0.257 e. The van der Waals surface area contributed by atoms with Crippen LogP contribution in [0.5, 0.6) is 0 Å². The molecule has 1 aliphatic rings. The van der Waals surface area contributed by atoms with E-state index in [1.165, 1.54) is 13.2 Å². The van der Waals surface area contributed by atoms with Crippen LogP contribution >= 0.6 is 15.9 Å². The van der Waals surface area contributed by atoms with Crippen LogP contribution in [-0.2, 0) is 21.9 Å². The number of nitrogens with one attached hydrogen (secondary N) is 1. The Morgan fingerprint density at radius 1 is 1.18 bits per heavy atom. The first-order valence-electron chi connectivity index (χ1n) is 8.84. The van der Waals surface area contributed by atoms with Gasteiger partial charge in [-0.2, -0.15) is 5.10 Å². The second kappa shape index (κ2) is 8.14. The van der Waals surface area contributed by atoms with E-state index >= 15 is 0 Å². The lowest BCUT2D eigenvalue weighted by atomic mass is 9.75. The summed E-state index contributed by atoms with van der Waals surface area (Å²) in [6, 6.07) is 7.05. The highest BCUT2D eigenvalue weighted by molar-refractivity contribution is 9.10. The highest BCUT2D eigenvalue weighted by Gasteiger charge is 2.36. The molecule has 150 valence electrons. The Kier molecular flexibility index (Phi) is 6.01. The number of rotatable bonds is 5. The molecule has 0 saturated heterocycles. The number of benzene rings is 1. The number of hydrogen-bond acceptors (Lipinski definition) is 5. The zero-order valence-corrected chi connectivity index (χ0v) is 17.7. The average molecular weight is 469 g/mol. The first-order valence-corrected chi connectivity index (χ1v) is 11.2. The maximum absolute atomic E-state index is 13.0. The molecular formula is C18H21BrN4O4S. The van der Waals surface area contributed by atoms with Crippen molar-refractivity contribution < 1.29 is 18.0 Å². The van der Waals surface area contributed by atoms with Gasteiger partial charge in [-0.05, 0) is 25.0 Å².